The van der Waals surface area contributed by atoms with Gasteiger partial charge in [-0.25, -0.2) is 4.98 Å². The SMILES string of the molecule is COCCn1c(C)cnc1COC1CCCN(CC2CCCCC2)C1. The molecule has 3 rings (SSSR count). The van der Waals surface area contributed by atoms with E-state index >= 15 is 0 Å². The number of likely N-dealkylation sites (tertiary alicyclic amines) is 1. The molecule has 142 valence electrons. The third-order valence-corrected chi connectivity index (χ3v) is 5.81. The summed E-state index contributed by atoms with van der Waals surface area (Å²) in [6.45, 7) is 7.88. The Kier molecular flexibility index (Phi) is 7.32. The van der Waals surface area contributed by atoms with Crippen LogP contribution in [0.15, 0.2) is 6.20 Å². The molecule has 1 aliphatic carbocycles. The van der Waals surface area contributed by atoms with Gasteiger partial charge in [0.15, 0.2) is 0 Å². The number of piperidine rings is 1. The number of nitrogens with zero attached hydrogens (tertiary/aromatic N) is 3. The molecule has 1 unspecified atom stereocenters. The average molecular weight is 350 g/mol. The highest BCUT2D eigenvalue weighted by Crippen LogP contribution is 2.26. The molecular weight excluding hydrogens is 314 g/mol. The van der Waals surface area contributed by atoms with Crippen molar-refractivity contribution in [2.75, 3.05) is 33.4 Å². The van der Waals surface area contributed by atoms with Crippen molar-refractivity contribution in [3.63, 3.8) is 0 Å². The molecule has 5 nitrogen and oxygen atoms in total. The van der Waals surface area contributed by atoms with E-state index in [1.54, 1.807) is 7.11 Å². The van der Waals surface area contributed by atoms with Gasteiger partial charge in [-0.2, -0.15) is 0 Å². The molecule has 2 heterocycles. The van der Waals surface area contributed by atoms with Gasteiger partial charge in [0.05, 0.1) is 12.7 Å². The maximum absolute atomic E-state index is 6.26. The van der Waals surface area contributed by atoms with E-state index in [4.69, 9.17) is 9.47 Å². The fraction of sp³-hybridized carbons (Fsp3) is 0.850. The summed E-state index contributed by atoms with van der Waals surface area (Å²) in [6.07, 6.45) is 11.9. The molecule has 5 heteroatoms. The molecule has 0 amide bonds. The van der Waals surface area contributed by atoms with E-state index in [1.165, 1.54) is 63.7 Å². The predicted molar refractivity (Wildman–Crippen MR) is 99.7 cm³/mol. The van der Waals surface area contributed by atoms with Crippen LogP contribution >= 0.6 is 0 Å². The van der Waals surface area contributed by atoms with E-state index in [9.17, 15) is 0 Å². The Bertz CT molecular complexity index is 511. The number of rotatable bonds is 8. The lowest BCUT2D eigenvalue weighted by Gasteiger charge is -2.35. The van der Waals surface area contributed by atoms with Gasteiger partial charge in [-0.05, 0) is 45.1 Å². The maximum Gasteiger partial charge on any atom is 0.135 e. The molecule has 2 fully saturated rings. The predicted octanol–water partition coefficient (Wildman–Crippen LogP) is 3.40. The Balaban J connectivity index is 1.46. The molecule has 0 bridgehead atoms. The van der Waals surface area contributed by atoms with E-state index in [2.05, 4.69) is 21.4 Å². The molecule has 1 aliphatic heterocycles. The first-order valence-electron chi connectivity index (χ1n) is 10.1. The fourth-order valence-corrected chi connectivity index (χ4v) is 4.36. The van der Waals surface area contributed by atoms with Crippen molar-refractivity contribution in [3.05, 3.63) is 17.7 Å². The lowest BCUT2D eigenvalue weighted by molar-refractivity contribution is -0.0182. The van der Waals surface area contributed by atoms with Crippen LogP contribution in [0.5, 0.6) is 0 Å². The highest BCUT2D eigenvalue weighted by atomic mass is 16.5. The zero-order valence-corrected chi connectivity index (χ0v) is 16.1. The first kappa shape index (κ1) is 18.9. The summed E-state index contributed by atoms with van der Waals surface area (Å²) < 4.78 is 13.7. The molecule has 1 aromatic heterocycles. The van der Waals surface area contributed by atoms with E-state index in [1.807, 2.05) is 6.20 Å². The largest absolute Gasteiger partial charge is 0.383 e. The van der Waals surface area contributed by atoms with Crippen LogP contribution in [-0.2, 0) is 22.6 Å². The van der Waals surface area contributed by atoms with Crippen molar-refractivity contribution in [1.82, 2.24) is 14.5 Å². The Morgan fingerprint density at radius 2 is 2.00 bits per heavy atom. The number of aromatic nitrogens is 2. The molecule has 0 radical (unpaired) electrons. The molecule has 1 atom stereocenters. The van der Waals surface area contributed by atoms with Gasteiger partial charge in [-0.15, -0.1) is 0 Å². The Hall–Kier alpha value is -0.910. The lowest BCUT2D eigenvalue weighted by atomic mass is 9.88. The molecular formula is C20H35N3O2. The van der Waals surface area contributed by atoms with Crippen molar-refractivity contribution in [2.45, 2.75) is 71.1 Å². The van der Waals surface area contributed by atoms with Crippen molar-refractivity contribution in [3.8, 4) is 0 Å². The third-order valence-electron chi connectivity index (χ3n) is 5.81. The number of aryl methyl sites for hydroxylation is 1. The summed E-state index contributed by atoms with van der Waals surface area (Å²) in [5, 5.41) is 0. The molecule has 2 aliphatic rings. The highest BCUT2D eigenvalue weighted by molar-refractivity contribution is 5.02. The van der Waals surface area contributed by atoms with Gasteiger partial charge in [0.1, 0.15) is 12.4 Å². The van der Waals surface area contributed by atoms with E-state index < -0.39 is 0 Å². The summed E-state index contributed by atoms with van der Waals surface area (Å²) in [5.41, 5.74) is 1.18. The van der Waals surface area contributed by atoms with Gasteiger partial charge in [-0.3, -0.25) is 0 Å². The molecule has 1 saturated heterocycles. The molecule has 1 aromatic rings. The van der Waals surface area contributed by atoms with Gasteiger partial charge < -0.3 is 18.9 Å². The van der Waals surface area contributed by atoms with Crippen molar-refractivity contribution >= 4 is 0 Å². The van der Waals surface area contributed by atoms with Crippen molar-refractivity contribution in [1.29, 1.82) is 0 Å². The molecule has 25 heavy (non-hydrogen) atoms. The standard InChI is InChI=1S/C20H35N3O2/c1-17-13-21-20(23(17)11-12-24-2)16-25-19-9-6-10-22(15-19)14-18-7-4-3-5-8-18/h13,18-19H,3-12,14-16H2,1-2H3. The highest BCUT2D eigenvalue weighted by Gasteiger charge is 2.24. The zero-order valence-electron chi connectivity index (χ0n) is 16.1. The quantitative estimate of drug-likeness (QED) is 0.721. The van der Waals surface area contributed by atoms with Crippen LogP contribution in [0.4, 0.5) is 0 Å². The first-order valence-corrected chi connectivity index (χ1v) is 10.1. The summed E-state index contributed by atoms with van der Waals surface area (Å²) in [4.78, 5) is 7.18. The second kappa shape index (κ2) is 9.70. The Labute approximate surface area is 152 Å². The van der Waals surface area contributed by atoms with E-state index in [0.717, 1.165) is 24.8 Å². The number of hydrogen-bond acceptors (Lipinski definition) is 4. The zero-order chi connectivity index (χ0) is 17.5. The normalized spacial score (nSPS) is 23.2. The fourth-order valence-electron chi connectivity index (χ4n) is 4.36. The summed E-state index contributed by atoms with van der Waals surface area (Å²) in [7, 11) is 1.74. The number of hydrogen-bond donors (Lipinski definition) is 0. The number of imidazole rings is 1. The van der Waals surface area contributed by atoms with Crippen LogP contribution in [0.1, 0.15) is 56.5 Å². The van der Waals surface area contributed by atoms with E-state index in [-0.39, 0.29) is 0 Å². The third kappa shape index (κ3) is 5.53. The van der Waals surface area contributed by atoms with Crippen molar-refractivity contribution < 1.29 is 9.47 Å². The summed E-state index contributed by atoms with van der Waals surface area (Å²) in [6, 6.07) is 0. The first-order chi connectivity index (χ1) is 12.3. The van der Waals surface area contributed by atoms with E-state index in [0.29, 0.717) is 19.3 Å². The second-order valence-corrected chi connectivity index (χ2v) is 7.80. The molecule has 0 N–H and O–H groups in total. The smallest absolute Gasteiger partial charge is 0.135 e. The number of ether oxygens (including phenoxy) is 2. The van der Waals surface area contributed by atoms with Crippen molar-refractivity contribution in [2.24, 2.45) is 5.92 Å². The average Bonchev–Trinajstić information content (AvgIpc) is 2.99. The monoisotopic (exact) mass is 349 g/mol. The van der Waals surface area contributed by atoms with Crippen LogP contribution in [0, 0.1) is 12.8 Å². The van der Waals surface area contributed by atoms with Crippen LogP contribution < -0.4 is 0 Å². The van der Waals surface area contributed by atoms with Crippen LogP contribution in [0.2, 0.25) is 0 Å². The number of methoxy groups -OCH3 is 1. The summed E-state index contributed by atoms with van der Waals surface area (Å²) >= 11 is 0. The Morgan fingerprint density at radius 3 is 2.80 bits per heavy atom. The lowest BCUT2D eigenvalue weighted by Crippen LogP contribution is -2.42. The van der Waals surface area contributed by atoms with Crippen LogP contribution in [0.25, 0.3) is 0 Å². The molecule has 1 saturated carbocycles. The molecule has 0 spiro atoms. The van der Waals surface area contributed by atoms with Crippen LogP contribution in [-0.4, -0.2) is 53.9 Å². The minimum atomic E-state index is 0.352. The minimum absolute atomic E-state index is 0.352. The molecule has 0 aromatic carbocycles. The van der Waals surface area contributed by atoms with Crippen LogP contribution in [0.3, 0.4) is 0 Å². The minimum Gasteiger partial charge on any atom is -0.383 e. The Morgan fingerprint density at radius 1 is 1.16 bits per heavy atom. The van der Waals surface area contributed by atoms with Gasteiger partial charge in [0.25, 0.3) is 0 Å². The van der Waals surface area contributed by atoms with Gasteiger partial charge in [0, 0.05) is 38.6 Å². The topological polar surface area (TPSA) is 39.5 Å². The maximum atomic E-state index is 6.26. The second-order valence-electron chi connectivity index (χ2n) is 7.80. The summed E-state index contributed by atoms with van der Waals surface area (Å²) in [5.74, 6) is 1.95. The van der Waals surface area contributed by atoms with Gasteiger partial charge >= 0.3 is 0 Å². The van der Waals surface area contributed by atoms with Gasteiger partial charge in [-0.1, -0.05) is 19.3 Å². The van der Waals surface area contributed by atoms with Gasteiger partial charge in [0.2, 0.25) is 0 Å².